The van der Waals surface area contributed by atoms with Crippen LogP contribution in [0.4, 0.5) is 5.69 Å². The Kier molecular flexibility index (Phi) is 5.32. The molecule has 0 spiro atoms. The van der Waals surface area contributed by atoms with E-state index in [1.54, 1.807) is 18.2 Å². The minimum absolute atomic E-state index is 0.0924. The first-order valence-electron chi connectivity index (χ1n) is 7.38. The Bertz CT molecular complexity index is 537. The summed E-state index contributed by atoms with van der Waals surface area (Å²) in [6.45, 7) is 3.99. The van der Waals surface area contributed by atoms with Gasteiger partial charge < -0.3 is 11.1 Å². The Balaban J connectivity index is 1.99. The van der Waals surface area contributed by atoms with Gasteiger partial charge in [0.2, 0.25) is 5.91 Å². The number of nitrogens with zero attached hydrogens (tertiary/aromatic N) is 2. The Morgan fingerprint density at radius 1 is 1.52 bits per heavy atom. The second-order valence-electron chi connectivity index (χ2n) is 5.60. The molecule has 2 unspecified atom stereocenters. The molecule has 21 heavy (non-hydrogen) atoms. The van der Waals surface area contributed by atoms with E-state index in [0.29, 0.717) is 30.3 Å². The summed E-state index contributed by atoms with van der Waals surface area (Å²) in [6.07, 6.45) is 2.26. The van der Waals surface area contributed by atoms with Crippen molar-refractivity contribution >= 4 is 11.6 Å². The molecule has 0 saturated carbocycles. The van der Waals surface area contributed by atoms with Crippen LogP contribution in [0.5, 0.6) is 0 Å². The van der Waals surface area contributed by atoms with Crippen LogP contribution in [0.25, 0.3) is 0 Å². The summed E-state index contributed by atoms with van der Waals surface area (Å²) in [4.78, 5) is 14.4. The number of rotatable bonds is 4. The van der Waals surface area contributed by atoms with Crippen molar-refractivity contribution in [1.82, 2.24) is 4.90 Å². The molecular weight excluding hydrogens is 264 g/mol. The number of nitriles is 1. The first-order valence-corrected chi connectivity index (χ1v) is 7.38. The highest BCUT2D eigenvalue weighted by molar-refractivity contribution is 5.93. The first kappa shape index (κ1) is 15.5. The zero-order chi connectivity index (χ0) is 15.2. The van der Waals surface area contributed by atoms with E-state index >= 15 is 0 Å². The van der Waals surface area contributed by atoms with E-state index in [0.717, 1.165) is 19.4 Å². The molecule has 0 bridgehead atoms. The number of para-hydroxylation sites is 1. The van der Waals surface area contributed by atoms with Crippen LogP contribution in [-0.4, -0.2) is 36.5 Å². The molecule has 1 aromatic carbocycles. The Labute approximate surface area is 125 Å². The molecule has 1 aromatic rings. The average molecular weight is 286 g/mol. The van der Waals surface area contributed by atoms with E-state index < -0.39 is 0 Å². The van der Waals surface area contributed by atoms with Gasteiger partial charge in [-0.25, -0.2) is 0 Å². The van der Waals surface area contributed by atoms with E-state index in [9.17, 15) is 4.79 Å². The van der Waals surface area contributed by atoms with Gasteiger partial charge in [-0.2, -0.15) is 5.26 Å². The lowest BCUT2D eigenvalue weighted by molar-refractivity contribution is -0.118. The minimum atomic E-state index is -0.0924. The molecule has 5 nitrogen and oxygen atoms in total. The molecule has 5 heteroatoms. The van der Waals surface area contributed by atoms with Gasteiger partial charge in [-0.1, -0.05) is 19.1 Å². The zero-order valence-electron chi connectivity index (χ0n) is 12.4. The maximum Gasteiger partial charge on any atom is 0.238 e. The number of nitrogens with one attached hydrogen (secondary N) is 1. The van der Waals surface area contributed by atoms with E-state index in [2.05, 4.69) is 23.2 Å². The van der Waals surface area contributed by atoms with Crippen molar-refractivity contribution in [3.8, 4) is 6.07 Å². The normalized spacial score (nSPS) is 22.5. The highest BCUT2D eigenvalue weighted by Crippen LogP contribution is 2.22. The van der Waals surface area contributed by atoms with Crippen LogP contribution in [0, 0.1) is 17.2 Å². The molecular formula is C16H22N4O. The van der Waals surface area contributed by atoms with Gasteiger partial charge in [0.1, 0.15) is 6.07 Å². The molecule has 1 heterocycles. The van der Waals surface area contributed by atoms with Crippen molar-refractivity contribution in [3.05, 3.63) is 29.8 Å². The number of carbonyl (C=O) groups is 1. The first-order chi connectivity index (χ1) is 10.2. The summed E-state index contributed by atoms with van der Waals surface area (Å²) < 4.78 is 0. The Hall–Kier alpha value is -1.90. The molecule has 2 rings (SSSR count). The number of piperidine rings is 1. The molecule has 0 aromatic heterocycles. The Morgan fingerprint density at radius 2 is 2.29 bits per heavy atom. The topological polar surface area (TPSA) is 82.2 Å². The zero-order valence-corrected chi connectivity index (χ0v) is 12.4. The van der Waals surface area contributed by atoms with Crippen molar-refractivity contribution in [1.29, 1.82) is 5.26 Å². The summed E-state index contributed by atoms with van der Waals surface area (Å²) in [6, 6.07) is 9.37. The van der Waals surface area contributed by atoms with Gasteiger partial charge in [-0.05, 0) is 37.4 Å². The quantitative estimate of drug-likeness (QED) is 0.880. The maximum absolute atomic E-state index is 12.2. The monoisotopic (exact) mass is 286 g/mol. The summed E-state index contributed by atoms with van der Waals surface area (Å²) >= 11 is 0. The third kappa shape index (κ3) is 3.81. The van der Waals surface area contributed by atoms with Crippen LogP contribution in [0.15, 0.2) is 24.3 Å². The summed E-state index contributed by atoms with van der Waals surface area (Å²) in [7, 11) is 0. The van der Waals surface area contributed by atoms with Gasteiger partial charge in [0.25, 0.3) is 0 Å². The minimum Gasteiger partial charge on any atom is -0.329 e. The van der Waals surface area contributed by atoms with Crippen molar-refractivity contribution in [3.63, 3.8) is 0 Å². The molecule has 3 N–H and O–H groups in total. The molecule has 112 valence electrons. The number of benzene rings is 1. The lowest BCUT2D eigenvalue weighted by Crippen LogP contribution is -2.51. The fourth-order valence-corrected chi connectivity index (χ4v) is 2.98. The van der Waals surface area contributed by atoms with Gasteiger partial charge >= 0.3 is 0 Å². The molecule has 1 amide bonds. The van der Waals surface area contributed by atoms with Crippen molar-refractivity contribution < 1.29 is 4.79 Å². The van der Waals surface area contributed by atoms with Gasteiger partial charge in [0, 0.05) is 12.6 Å². The number of nitrogens with two attached hydrogens (primary N) is 1. The highest BCUT2D eigenvalue weighted by atomic mass is 16.2. The van der Waals surface area contributed by atoms with Crippen LogP contribution in [0.3, 0.4) is 0 Å². The molecule has 1 aliphatic rings. The van der Waals surface area contributed by atoms with Gasteiger partial charge in [0.15, 0.2) is 0 Å². The SMILES string of the molecule is CC1CCCN(CC(=O)Nc2ccccc2C#N)C1CN. The number of anilines is 1. The highest BCUT2D eigenvalue weighted by Gasteiger charge is 2.28. The predicted molar refractivity (Wildman–Crippen MR) is 82.6 cm³/mol. The van der Waals surface area contributed by atoms with E-state index in [1.165, 1.54) is 0 Å². The van der Waals surface area contributed by atoms with Crippen LogP contribution in [0.1, 0.15) is 25.3 Å². The smallest absolute Gasteiger partial charge is 0.238 e. The second-order valence-corrected chi connectivity index (χ2v) is 5.60. The van der Waals surface area contributed by atoms with Crippen LogP contribution >= 0.6 is 0 Å². The maximum atomic E-state index is 12.2. The standard InChI is InChI=1S/C16H22N4O/c1-12-5-4-8-20(15(12)10-18)11-16(21)19-14-7-3-2-6-13(14)9-17/h2-3,6-7,12,15H,4-5,8,10-11,18H2,1H3,(H,19,21). The summed E-state index contributed by atoms with van der Waals surface area (Å²) in [5.74, 6) is 0.424. The number of hydrogen-bond donors (Lipinski definition) is 2. The van der Waals surface area contributed by atoms with E-state index in [-0.39, 0.29) is 11.9 Å². The molecule has 0 radical (unpaired) electrons. The molecule has 2 atom stereocenters. The number of likely N-dealkylation sites (tertiary alicyclic amines) is 1. The fourth-order valence-electron chi connectivity index (χ4n) is 2.98. The van der Waals surface area contributed by atoms with Gasteiger partial charge in [-0.3, -0.25) is 9.69 Å². The summed E-state index contributed by atoms with van der Waals surface area (Å²) in [5.41, 5.74) is 6.89. The Morgan fingerprint density at radius 3 is 3.00 bits per heavy atom. The number of hydrogen-bond acceptors (Lipinski definition) is 4. The fraction of sp³-hybridized carbons (Fsp3) is 0.500. The van der Waals surface area contributed by atoms with Crippen molar-refractivity contribution in [2.24, 2.45) is 11.7 Å². The molecule has 1 aliphatic heterocycles. The van der Waals surface area contributed by atoms with Crippen LogP contribution in [-0.2, 0) is 4.79 Å². The number of amides is 1. The van der Waals surface area contributed by atoms with E-state index in [1.807, 2.05) is 6.07 Å². The predicted octanol–water partition coefficient (Wildman–Crippen LogP) is 1.56. The van der Waals surface area contributed by atoms with E-state index in [4.69, 9.17) is 11.0 Å². The third-order valence-corrected chi connectivity index (χ3v) is 4.14. The van der Waals surface area contributed by atoms with Gasteiger partial charge in [0.05, 0.1) is 17.8 Å². The lowest BCUT2D eigenvalue weighted by Gasteiger charge is -2.38. The van der Waals surface area contributed by atoms with Crippen LogP contribution in [0.2, 0.25) is 0 Å². The van der Waals surface area contributed by atoms with Crippen LogP contribution < -0.4 is 11.1 Å². The molecule has 0 aliphatic carbocycles. The van der Waals surface area contributed by atoms with Crippen molar-refractivity contribution in [2.75, 3.05) is 25.0 Å². The molecule has 1 saturated heterocycles. The largest absolute Gasteiger partial charge is 0.329 e. The average Bonchev–Trinajstić information content (AvgIpc) is 2.48. The lowest BCUT2D eigenvalue weighted by atomic mass is 9.91. The second kappa shape index (κ2) is 7.21. The third-order valence-electron chi connectivity index (χ3n) is 4.14. The van der Waals surface area contributed by atoms with Gasteiger partial charge in [-0.15, -0.1) is 0 Å². The van der Waals surface area contributed by atoms with Crippen molar-refractivity contribution in [2.45, 2.75) is 25.8 Å². The molecule has 1 fully saturated rings. The number of carbonyl (C=O) groups excluding carboxylic acids is 1. The summed E-state index contributed by atoms with van der Waals surface area (Å²) in [5, 5.41) is 11.9.